The summed E-state index contributed by atoms with van der Waals surface area (Å²) >= 11 is 0. The van der Waals surface area contributed by atoms with Crippen LogP contribution in [-0.4, -0.2) is 19.3 Å². The van der Waals surface area contributed by atoms with Crippen LogP contribution in [0.25, 0.3) is 0 Å². The van der Waals surface area contributed by atoms with Gasteiger partial charge in [-0.25, -0.2) is 4.39 Å². The fourth-order valence-corrected chi connectivity index (χ4v) is 1.52. The van der Waals surface area contributed by atoms with Crippen molar-refractivity contribution in [1.29, 1.82) is 0 Å². The second-order valence-electron chi connectivity index (χ2n) is 3.06. The van der Waals surface area contributed by atoms with E-state index < -0.39 is 6.17 Å². The van der Waals surface area contributed by atoms with Crippen LogP contribution in [0, 0.1) is 5.92 Å². The molecule has 0 bridgehead atoms. The maximum atomic E-state index is 12.6. The van der Waals surface area contributed by atoms with E-state index in [0.717, 1.165) is 6.42 Å². The standard InChI is InChI=1S/C8H13FO2/c1-11-8(10)5-6-2-3-7(9)4-6/h6-7H,2-5H2,1H3. The van der Waals surface area contributed by atoms with Crippen molar-refractivity contribution in [2.75, 3.05) is 7.11 Å². The van der Waals surface area contributed by atoms with Crippen molar-refractivity contribution in [3.63, 3.8) is 0 Å². The molecule has 0 aromatic heterocycles. The third kappa shape index (κ3) is 2.48. The van der Waals surface area contributed by atoms with Gasteiger partial charge in [0.15, 0.2) is 0 Å². The van der Waals surface area contributed by atoms with Crippen LogP contribution >= 0.6 is 0 Å². The largest absolute Gasteiger partial charge is 0.469 e. The van der Waals surface area contributed by atoms with Crippen LogP contribution in [0.3, 0.4) is 0 Å². The molecule has 1 fully saturated rings. The number of esters is 1. The molecule has 0 spiro atoms. The normalized spacial score (nSPS) is 30.4. The topological polar surface area (TPSA) is 26.3 Å². The van der Waals surface area contributed by atoms with Crippen molar-refractivity contribution in [3.8, 4) is 0 Å². The van der Waals surface area contributed by atoms with E-state index in [1.807, 2.05) is 0 Å². The first-order chi connectivity index (χ1) is 5.22. The van der Waals surface area contributed by atoms with Crippen LogP contribution in [0.2, 0.25) is 0 Å². The van der Waals surface area contributed by atoms with Crippen LogP contribution in [0.1, 0.15) is 25.7 Å². The van der Waals surface area contributed by atoms with Gasteiger partial charge < -0.3 is 4.74 Å². The molecule has 1 rings (SSSR count). The van der Waals surface area contributed by atoms with E-state index in [1.165, 1.54) is 7.11 Å². The SMILES string of the molecule is COC(=O)CC1CCC(F)C1. The van der Waals surface area contributed by atoms with Crippen LogP contribution in [0.5, 0.6) is 0 Å². The number of methoxy groups -OCH3 is 1. The minimum atomic E-state index is -0.690. The summed E-state index contributed by atoms with van der Waals surface area (Å²) in [5.41, 5.74) is 0. The van der Waals surface area contributed by atoms with E-state index in [9.17, 15) is 9.18 Å². The highest BCUT2D eigenvalue weighted by Gasteiger charge is 2.26. The Labute approximate surface area is 65.7 Å². The van der Waals surface area contributed by atoms with Crippen LogP contribution < -0.4 is 0 Å². The van der Waals surface area contributed by atoms with Gasteiger partial charge in [0.1, 0.15) is 6.17 Å². The fraction of sp³-hybridized carbons (Fsp3) is 0.875. The van der Waals surface area contributed by atoms with E-state index in [1.54, 1.807) is 0 Å². The second kappa shape index (κ2) is 3.69. The molecule has 2 atom stereocenters. The Morgan fingerprint density at radius 2 is 2.36 bits per heavy atom. The van der Waals surface area contributed by atoms with Gasteiger partial charge in [-0.3, -0.25) is 4.79 Å². The minimum Gasteiger partial charge on any atom is -0.469 e. The maximum Gasteiger partial charge on any atom is 0.305 e. The quantitative estimate of drug-likeness (QED) is 0.574. The smallest absolute Gasteiger partial charge is 0.305 e. The number of ether oxygens (including phenoxy) is 1. The van der Waals surface area contributed by atoms with Crippen LogP contribution in [0.15, 0.2) is 0 Å². The summed E-state index contributed by atoms with van der Waals surface area (Å²) in [6.07, 6.45) is 1.67. The zero-order chi connectivity index (χ0) is 8.27. The predicted octanol–water partition coefficient (Wildman–Crippen LogP) is 1.69. The summed E-state index contributed by atoms with van der Waals surface area (Å²) in [5, 5.41) is 0. The molecule has 0 aromatic rings. The van der Waals surface area contributed by atoms with Gasteiger partial charge in [-0.2, -0.15) is 0 Å². The van der Waals surface area contributed by atoms with Crippen molar-refractivity contribution >= 4 is 5.97 Å². The average molecular weight is 160 g/mol. The molecule has 0 amide bonds. The molecule has 0 saturated heterocycles. The summed E-state index contributed by atoms with van der Waals surface area (Å²) in [7, 11) is 1.37. The molecule has 0 aromatic carbocycles. The Morgan fingerprint density at radius 1 is 1.64 bits per heavy atom. The molecule has 2 nitrogen and oxygen atoms in total. The number of halogens is 1. The van der Waals surface area contributed by atoms with Crippen molar-refractivity contribution in [1.82, 2.24) is 0 Å². The Morgan fingerprint density at radius 3 is 2.82 bits per heavy atom. The van der Waals surface area contributed by atoms with Gasteiger partial charge >= 0.3 is 5.97 Å². The lowest BCUT2D eigenvalue weighted by molar-refractivity contribution is -0.141. The number of rotatable bonds is 2. The van der Waals surface area contributed by atoms with Crippen LogP contribution in [-0.2, 0) is 9.53 Å². The molecule has 1 saturated carbocycles. The van der Waals surface area contributed by atoms with Crippen molar-refractivity contribution in [3.05, 3.63) is 0 Å². The molecule has 0 aliphatic heterocycles. The minimum absolute atomic E-state index is 0.218. The van der Waals surface area contributed by atoms with Gasteiger partial charge in [-0.15, -0.1) is 0 Å². The van der Waals surface area contributed by atoms with Crippen molar-refractivity contribution in [2.24, 2.45) is 5.92 Å². The Balaban J connectivity index is 2.23. The van der Waals surface area contributed by atoms with Gasteiger partial charge in [0.25, 0.3) is 0 Å². The first kappa shape index (κ1) is 8.50. The lowest BCUT2D eigenvalue weighted by Gasteiger charge is -2.05. The number of hydrogen-bond acceptors (Lipinski definition) is 2. The van der Waals surface area contributed by atoms with E-state index in [2.05, 4.69) is 4.74 Å². The molecule has 11 heavy (non-hydrogen) atoms. The Hall–Kier alpha value is -0.600. The molecule has 0 N–H and O–H groups in total. The number of carbonyl (C=O) groups excluding carboxylic acids is 1. The van der Waals surface area contributed by atoms with Gasteiger partial charge in [0.05, 0.1) is 7.11 Å². The monoisotopic (exact) mass is 160 g/mol. The Kier molecular flexibility index (Phi) is 2.85. The second-order valence-corrected chi connectivity index (χ2v) is 3.06. The number of hydrogen-bond donors (Lipinski definition) is 0. The van der Waals surface area contributed by atoms with E-state index in [0.29, 0.717) is 19.3 Å². The van der Waals surface area contributed by atoms with E-state index >= 15 is 0 Å². The average Bonchev–Trinajstić information content (AvgIpc) is 2.35. The number of carbonyl (C=O) groups is 1. The highest BCUT2D eigenvalue weighted by molar-refractivity contribution is 5.69. The highest BCUT2D eigenvalue weighted by Crippen LogP contribution is 2.30. The van der Waals surface area contributed by atoms with Gasteiger partial charge in [0, 0.05) is 6.42 Å². The van der Waals surface area contributed by atoms with Gasteiger partial charge in [0.2, 0.25) is 0 Å². The molecule has 2 unspecified atom stereocenters. The summed E-state index contributed by atoms with van der Waals surface area (Å²) in [6, 6.07) is 0. The van der Waals surface area contributed by atoms with Crippen molar-refractivity contribution < 1.29 is 13.9 Å². The number of alkyl halides is 1. The summed E-state index contributed by atoms with van der Waals surface area (Å²) in [6.45, 7) is 0. The molecular weight excluding hydrogens is 147 g/mol. The third-order valence-corrected chi connectivity index (χ3v) is 2.16. The zero-order valence-corrected chi connectivity index (χ0v) is 6.68. The fourth-order valence-electron chi connectivity index (χ4n) is 1.52. The van der Waals surface area contributed by atoms with Gasteiger partial charge in [-0.05, 0) is 25.2 Å². The van der Waals surface area contributed by atoms with E-state index in [4.69, 9.17) is 0 Å². The summed E-state index contributed by atoms with van der Waals surface area (Å²) < 4.78 is 17.1. The molecular formula is C8H13FO2. The highest BCUT2D eigenvalue weighted by atomic mass is 19.1. The maximum absolute atomic E-state index is 12.6. The third-order valence-electron chi connectivity index (χ3n) is 2.16. The lowest BCUT2D eigenvalue weighted by atomic mass is 10.0. The van der Waals surface area contributed by atoms with Crippen LogP contribution in [0.4, 0.5) is 4.39 Å². The molecule has 0 heterocycles. The zero-order valence-electron chi connectivity index (χ0n) is 6.68. The summed E-state index contributed by atoms with van der Waals surface area (Å²) in [5.74, 6) is 0.00144. The van der Waals surface area contributed by atoms with Crippen molar-refractivity contribution in [2.45, 2.75) is 31.9 Å². The molecule has 3 heteroatoms. The Bertz CT molecular complexity index is 147. The molecule has 64 valence electrons. The molecule has 1 aliphatic rings. The van der Waals surface area contributed by atoms with E-state index in [-0.39, 0.29) is 11.9 Å². The first-order valence-corrected chi connectivity index (χ1v) is 3.93. The lowest BCUT2D eigenvalue weighted by Crippen LogP contribution is -2.07. The first-order valence-electron chi connectivity index (χ1n) is 3.93. The molecule has 0 radical (unpaired) electrons. The summed E-state index contributed by atoms with van der Waals surface area (Å²) in [4.78, 5) is 10.7. The molecule has 1 aliphatic carbocycles. The van der Waals surface area contributed by atoms with Gasteiger partial charge in [-0.1, -0.05) is 0 Å². The predicted molar refractivity (Wildman–Crippen MR) is 38.9 cm³/mol.